The van der Waals surface area contributed by atoms with Crippen LogP contribution in [0.5, 0.6) is 0 Å². The third-order valence-electron chi connectivity index (χ3n) is 1.74. The van der Waals surface area contributed by atoms with E-state index >= 15 is 0 Å². The minimum absolute atomic E-state index is 0.293. The molecule has 14 heavy (non-hydrogen) atoms. The van der Waals surface area contributed by atoms with Gasteiger partial charge in [-0.2, -0.15) is 0 Å². The lowest BCUT2D eigenvalue weighted by Crippen LogP contribution is -2.21. The zero-order valence-corrected chi connectivity index (χ0v) is 9.26. The summed E-state index contributed by atoms with van der Waals surface area (Å²) in [6.07, 6.45) is 3.46. The fourth-order valence-electron chi connectivity index (χ4n) is 0.963. The maximum Gasteiger partial charge on any atom is 0.297 e. The van der Waals surface area contributed by atoms with Crippen LogP contribution in [0, 0.1) is 17.7 Å². The van der Waals surface area contributed by atoms with Gasteiger partial charge in [0, 0.05) is 40.8 Å². The molecule has 1 rings (SSSR count). The Morgan fingerprint density at radius 2 is 2.50 bits per heavy atom. The zero-order valence-electron chi connectivity index (χ0n) is 7.67. The molecule has 1 aromatic heterocycles. The molecule has 3 nitrogen and oxygen atoms in total. The summed E-state index contributed by atoms with van der Waals surface area (Å²) in [5.41, 5.74) is 2.10. The van der Waals surface area contributed by atoms with Gasteiger partial charge in [-0.1, -0.05) is 0 Å². The van der Waals surface area contributed by atoms with E-state index in [1.807, 2.05) is 13.0 Å². The Bertz CT molecular complexity index is 393. The first-order valence-corrected chi connectivity index (χ1v) is 4.82. The minimum atomic E-state index is -0.293. The number of nitrogens with zero attached hydrogens (tertiary/aromatic N) is 1. The van der Waals surface area contributed by atoms with Crippen LogP contribution in [0.15, 0.2) is 18.5 Å². The van der Waals surface area contributed by atoms with Gasteiger partial charge in [0.25, 0.3) is 5.91 Å². The second kappa shape index (κ2) is 5.40. The van der Waals surface area contributed by atoms with Gasteiger partial charge in [0.2, 0.25) is 0 Å². The largest absolute Gasteiger partial charge is 0.341 e. The lowest BCUT2D eigenvalue weighted by atomic mass is 10.1. The molecule has 72 valence electrons. The average Bonchev–Trinajstić information content (AvgIpc) is 2.17. The molecule has 4 heteroatoms. The first-order valence-electron chi connectivity index (χ1n) is 4.03. The van der Waals surface area contributed by atoms with E-state index in [4.69, 9.17) is 0 Å². The van der Waals surface area contributed by atoms with Crippen molar-refractivity contribution in [3.8, 4) is 10.8 Å². The molecule has 0 radical (unpaired) electrons. The van der Waals surface area contributed by atoms with Crippen molar-refractivity contribution < 1.29 is 4.79 Å². The molecule has 1 amide bonds. The van der Waals surface area contributed by atoms with Gasteiger partial charge >= 0.3 is 0 Å². The highest BCUT2D eigenvalue weighted by atomic mass is 79.9. The highest BCUT2D eigenvalue weighted by Crippen LogP contribution is 2.03. The molecule has 0 fully saturated rings. The van der Waals surface area contributed by atoms with E-state index < -0.39 is 0 Å². The van der Waals surface area contributed by atoms with E-state index in [9.17, 15) is 4.79 Å². The smallest absolute Gasteiger partial charge is 0.297 e. The SMILES string of the molecule is Cc1cnccc1CNC(=O)C#CBr. The molecule has 0 bridgehead atoms. The zero-order chi connectivity index (χ0) is 10.4. The van der Waals surface area contributed by atoms with Crippen molar-refractivity contribution in [2.75, 3.05) is 0 Å². The van der Waals surface area contributed by atoms with Crippen molar-refractivity contribution in [3.63, 3.8) is 0 Å². The lowest BCUT2D eigenvalue weighted by Gasteiger charge is -2.03. The number of hydrogen-bond acceptors (Lipinski definition) is 2. The molecule has 1 aromatic rings. The van der Waals surface area contributed by atoms with E-state index in [2.05, 4.69) is 37.0 Å². The molecule has 0 saturated carbocycles. The van der Waals surface area contributed by atoms with Crippen molar-refractivity contribution in [1.29, 1.82) is 0 Å². The van der Waals surface area contributed by atoms with E-state index in [0.717, 1.165) is 11.1 Å². The molecular formula is C10H9BrN2O. The standard InChI is InChI=1S/C10H9BrN2O/c1-8-6-12-5-3-9(8)7-13-10(14)2-4-11/h3,5-6H,7H2,1H3,(H,13,14). The second-order valence-corrected chi connectivity index (χ2v) is 3.10. The van der Waals surface area contributed by atoms with Crippen molar-refractivity contribution in [3.05, 3.63) is 29.6 Å². The number of aryl methyl sites for hydroxylation is 1. The van der Waals surface area contributed by atoms with Gasteiger partial charge in [0.05, 0.1) is 0 Å². The highest BCUT2D eigenvalue weighted by Gasteiger charge is 1.99. The van der Waals surface area contributed by atoms with Crippen LogP contribution in [0.1, 0.15) is 11.1 Å². The predicted molar refractivity (Wildman–Crippen MR) is 57.5 cm³/mol. The van der Waals surface area contributed by atoms with Gasteiger partial charge < -0.3 is 5.32 Å². The number of nitrogens with one attached hydrogen (secondary N) is 1. The van der Waals surface area contributed by atoms with Gasteiger partial charge in [-0.3, -0.25) is 9.78 Å². The molecule has 0 unspecified atom stereocenters. The normalized spacial score (nSPS) is 8.71. The average molecular weight is 253 g/mol. The second-order valence-electron chi connectivity index (χ2n) is 2.70. The number of halogens is 1. The summed E-state index contributed by atoms with van der Waals surface area (Å²) in [6.45, 7) is 2.43. The van der Waals surface area contributed by atoms with Crippen LogP contribution in [0.4, 0.5) is 0 Å². The van der Waals surface area contributed by atoms with Gasteiger partial charge in [0.15, 0.2) is 0 Å². The van der Waals surface area contributed by atoms with E-state index in [1.165, 1.54) is 0 Å². The first-order chi connectivity index (χ1) is 6.74. The molecular weight excluding hydrogens is 244 g/mol. The third kappa shape index (κ3) is 3.19. The van der Waals surface area contributed by atoms with E-state index in [0.29, 0.717) is 6.54 Å². The molecule has 0 atom stereocenters. The van der Waals surface area contributed by atoms with Crippen molar-refractivity contribution >= 4 is 21.8 Å². The molecule has 0 saturated heterocycles. The van der Waals surface area contributed by atoms with Gasteiger partial charge in [-0.25, -0.2) is 0 Å². The quantitative estimate of drug-likeness (QED) is 0.808. The lowest BCUT2D eigenvalue weighted by molar-refractivity contribution is -0.115. The Morgan fingerprint density at radius 1 is 1.71 bits per heavy atom. The van der Waals surface area contributed by atoms with Crippen LogP contribution in [0.25, 0.3) is 0 Å². The molecule has 1 N–H and O–H groups in total. The number of carbonyl (C=O) groups is 1. The Kier molecular flexibility index (Phi) is 4.14. The molecule has 0 aliphatic rings. The molecule has 0 aromatic carbocycles. The number of aromatic nitrogens is 1. The molecule has 0 spiro atoms. The minimum Gasteiger partial charge on any atom is -0.341 e. The summed E-state index contributed by atoms with van der Waals surface area (Å²) < 4.78 is 0. The molecule has 0 aliphatic heterocycles. The van der Waals surface area contributed by atoms with Crippen LogP contribution < -0.4 is 5.32 Å². The van der Waals surface area contributed by atoms with Gasteiger partial charge in [-0.15, -0.1) is 0 Å². The van der Waals surface area contributed by atoms with Crippen LogP contribution in [0.3, 0.4) is 0 Å². The Labute approximate surface area is 91.1 Å². The van der Waals surface area contributed by atoms with Crippen LogP contribution >= 0.6 is 15.9 Å². The predicted octanol–water partition coefficient (Wildman–Crippen LogP) is 1.36. The first kappa shape index (κ1) is 10.7. The van der Waals surface area contributed by atoms with Gasteiger partial charge in [0.1, 0.15) is 0 Å². The fraction of sp³-hybridized carbons (Fsp3) is 0.200. The van der Waals surface area contributed by atoms with Crippen molar-refractivity contribution in [2.24, 2.45) is 0 Å². The highest BCUT2D eigenvalue weighted by molar-refractivity contribution is 9.12. The Morgan fingerprint density at radius 3 is 3.14 bits per heavy atom. The monoisotopic (exact) mass is 252 g/mol. The van der Waals surface area contributed by atoms with E-state index in [-0.39, 0.29) is 5.91 Å². The summed E-state index contributed by atoms with van der Waals surface area (Å²) >= 11 is 2.86. The maximum atomic E-state index is 11.0. The van der Waals surface area contributed by atoms with Crippen molar-refractivity contribution in [2.45, 2.75) is 13.5 Å². The summed E-state index contributed by atoms with van der Waals surface area (Å²) in [6, 6.07) is 1.87. The topological polar surface area (TPSA) is 42.0 Å². The third-order valence-corrected chi connectivity index (χ3v) is 1.93. The summed E-state index contributed by atoms with van der Waals surface area (Å²) in [5.74, 6) is 2.04. The van der Waals surface area contributed by atoms with Crippen LogP contribution in [0.2, 0.25) is 0 Å². The fourth-order valence-corrected chi connectivity index (χ4v) is 1.14. The van der Waals surface area contributed by atoms with Crippen LogP contribution in [-0.4, -0.2) is 10.9 Å². The maximum absolute atomic E-state index is 11.0. The number of rotatable bonds is 2. The Hall–Kier alpha value is -1.34. The molecule has 0 aliphatic carbocycles. The Balaban J connectivity index is 2.57. The number of carbonyl (C=O) groups excluding carboxylic acids is 1. The van der Waals surface area contributed by atoms with Crippen molar-refractivity contribution in [1.82, 2.24) is 10.3 Å². The summed E-state index contributed by atoms with van der Waals surface area (Å²) in [5, 5.41) is 2.67. The summed E-state index contributed by atoms with van der Waals surface area (Å²) in [4.78, 5) is 17.3. The number of pyridine rings is 1. The molecule has 1 heterocycles. The number of hydrogen-bond donors (Lipinski definition) is 1. The van der Waals surface area contributed by atoms with E-state index in [1.54, 1.807) is 12.4 Å². The van der Waals surface area contributed by atoms with Gasteiger partial charge in [-0.05, 0) is 28.9 Å². The van der Waals surface area contributed by atoms with Crippen LogP contribution in [-0.2, 0) is 11.3 Å². The summed E-state index contributed by atoms with van der Waals surface area (Å²) in [7, 11) is 0. The number of amides is 1.